The van der Waals surface area contributed by atoms with Crippen molar-refractivity contribution in [3.8, 4) is 5.69 Å². The summed E-state index contributed by atoms with van der Waals surface area (Å²) >= 11 is 6.13. The molecule has 3 rings (SSSR count). The zero-order chi connectivity index (χ0) is 14.7. The molecule has 0 aliphatic heterocycles. The maximum absolute atomic E-state index is 6.13. The van der Waals surface area contributed by atoms with Crippen molar-refractivity contribution >= 4 is 11.6 Å². The molecule has 0 radical (unpaired) electrons. The molecule has 0 bridgehead atoms. The second kappa shape index (κ2) is 6.11. The summed E-state index contributed by atoms with van der Waals surface area (Å²) in [7, 11) is 0. The summed E-state index contributed by atoms with van der Waals surface area (Å²) in [4.78, 5) is 0. The van der Waals surface area contributed by atoms with Crippen LogP contribution in [0, 0.1) is 0 Å². The van der Waals surface area contributed by atoms with Crippen LogP contribution in [0.15, 0.2) is 53.3 Å². The Kier molecular flexibility index (Phi) is 4.03. The SMILES string of the molecule is CCNC(c1ccoc1Cl)c1cnnn1-c1ccccc1. The number of hydrogen-bond acceptors (Lipinski definition) is 4. The predicted octanol–water partition coefficient (Wildman–Crippen LogP) is 3.21. The average molecular weight is 303 g/mol. The van der Waals surface area contributed by atoms with E-state index in [1.54, 1.807) is 17.1 Å². The highest BCUT2D eigenvalue weighted by Gasteiger charge is 2.23. The fraction of sp³-hybridized carbons (Fsp3) is 0.200. The van der Waals surface area contributed by atoms with Crippen LogP contribution in [-0.4, -0.2) is 21.5 Å². The van der Waals surface area contributed by atoms with Crippen molar-refractivity contribution in [2.24, 2.45) is 0 Å². The highest BCUT2D eigenvalue weighted by molar-refractivity contribution is 6.29. The van der Waals surface area contributed by atoms with Gasteiger partial charge in [-0.1, -0.05) is 30.3 Å². The molecule has 0 aliphatic carbocycles. The van der Waals surface area contributed by atoms with Crippen LogP contribution in [0.3, 0.4) is 0 Å². The topological polar surface area (TPSA) is 55.9 Å². The van der Waals surface area contributed by atoms with Gasteiger partial charge in [0, 0.05) is 5.56 Å². The summed E-state index contributed by atoms with van der Waals surface area (Å²) in [5.74, 6) is 0. The lowest BCUT2D eigenvalue weighted by Crippen LogP contribution is -2.24. The first-order valence-corrected chi connectivity index (χ1v) is 7.11. The summed E-state index contributed by atoms with van der Waals surface area (Å²) in [5.41, 5.74) is 2.73. The Hall–Kier alpha value is -2.11. The summed E-state index contributed by atoms with van der Waals surface area (Å²) in [6.07, 6.45) is 3.32. The second-order valence-electron chi connectivity index (χ2n) is 4.55. The monoisotopic (exact) mass is 302 g/mol. The van der Waals surface area contributed by atoms with Crippen molar-refractivity contribution in [1.29, 1.82) is 0 Å². The molecule has 0 spiro atoms. The normalized spacial score (nSPS) is 12.5. The Balaban J connectivity index is 2.06. The molecule has 0 saturated heterocycles. The van der Waals surface area contributed by atoms with E-state index in [0.717, 1.165) is 23.5 Å². The van der Waals surface area contributed by atoms with Gasteiger partial charge in [0.05, 0.1) is 29.9 Å². The first kappa shape index (κ1) is 13.9. The van der Waals surface area contributed by atoms with Crippen LogP contribution in [0.5, 0.6) is 0 Å². The molecule has 2 heterocycles. The van der Waals surface area contributed by atoms with Crippen LogP contribution in [0.4, 0.5) is 0 Å². The van der Waals surface area contributed by atoms with E-state index in [-0.39, 0.29) is 6.04 Å². The minimum Gasteiger partial charge on any atom is -0.453 e. The van der Waals surface area contributed by atoms with Gasteiger partial charge in [0.1, 0.15) is 0 Å². The zero-order valence-corrected chi connectivity index (χ0v) is 12.3. The molecule has 1 N–H and O–H groups in total. The molecule has 6 heteroatoms. The van der Waals surface area contributed by atoms with E-state index in [2.05, 4.69) is 15.6 Å². The molecule has 0 fully saturated rings. The third kappa shape index (κ3) is 2.70. The standard InChI is InChI=1S/C15H15ClN4O/c1-2-17-14(12-8-9-21-15(12)16)13-10-18-19-20(13)11-6-4-3-5-7-11/h3-10,14,17H,2H2,1H3. The van der Waals surface area contributed by atoms with Gasteiger partial charge in [-0.2, -0.15) is 0 Å². The molecule has 1 atom stereocenters. The number of benzene rings is 1. The molecular formula is C15H15ClN4O. The Morgan fingerprint density at radius 2 is 2.10 bits per heavy atom. The number of furan rings is 1. The molecule has 1 unspecified atom stereocenters. The molecule has 21 heavy (non-hydrogen) atoms. The lowest BCUT2D eigenvalue weighted by Gasteiger charge is -2.17. The zero-order valence-electron chi connectivity index (χ0n) is 11.5. The van der Waals surface area contributed by atoms with Gasteiger partial charge in [-0.25, -0.2) is 4.68 Å². The van der Waals surface area contributed by atoms with E-state index >= 15 is 0 Å². The van der Waals surface area contributed by atoms with Gasteiger partial charge in [0.25, 0.3) is 0 Å². The van der Waals surface area contributed by atoms with Crippen molar-refractivity contribution in [3.63, 3.8) is 0 Å². The van der Waals surface area contributed by atoms with E-state index in [1.807, 2.05) is 43.3 Å². The van der Waals surface area contributed by atoms with Crippen molar-refractivity contribution in [2.45, 2.75) is 13.0 Å². The average Bonchev–Trinajstić information content (AvgIpc) is 3.15. The number of nitrogens with zero attached hydrogens (tertiary/aromatic N) is 3. The molecule has 5 nitrogen and oxygen atoms in total. The number of rotatable bonds is 5. The van der Waals surface area contributed by atoms with Gasteiger partial charge in [-0.05, 0) is 36.3 Å². The molecule has 1 aromatic carbocycles. The maximum atomic E-state index is 6.13. The van der Waals surface area contributed by atoms with Crippen LogP contribution in [0.25, 0.3) is 5.69 Å². The van der Waals surface area contributed by atoms with E-state index in [1.165, 1.54) is 0 Å². The largest absolute Gasteiger partial charge is 0.453 e. The summed E-state index contributed by atoms with van der Waals surface area (Å²) in [5, 5.41) is 12.0. The Morgan fingerprint density at radius 3 is 2.76 bits per heavy atom. The third-order valence-corrected chi connectivity index (χ3v) is 3.54. The van der Waals surface area contributed by atoms with E-state index < -0.39 is 0 Å². The molecule has 3 aromatic rings. The van der Waals surface area contributed by atoms with Gasteiger partial charge in [-0.15, -0.1) is 5.10 Å². The smallest absolute Gasteiger partial charge is 0.198 e. The minimum absolute atomic E-state index is 0.128. The molecule has 0 saturated carbocycles. The molecule has 108 valence electrons. The van der Waals surface area contributed by atoms with Gasteiger partial charge in [0.2, 0.25) is 0 Å². The Bertz CT molecular complexity index is 707. The summed E-state index contributed by atoms with van der Waals surface area (Å²) in [6.45, 7) is 2.82. The van der Waals surface area contributed by atoms with Crippen molar-refractivity contribution in [1.82, 2.24) is 20.3 Å². The number of halogens is 1. The first-order chi connectivity index (χ1) is 10.3. The highest BCUT2D eigenvalue weighted by Crippen LogP contribution is 2.29. The highest BCUT2D eigenvalue weighted by atomic mass is 35.5. The number of hydrogen-bond donors (Lipinski definition) is 1. The minimum atomic E-state index is -0.128. The van der Waals surface area contributed by atoms with E-state index in [4.69, 9.17) is 16.0 Å². The van der Waals surface area contributed by atoms with Gasteiger partial charge < -0.3 is 9.73 Å². The second-order valence-corrected chi connectivity index (χ2v) is 4.89. The fourth-order valence-electron chi connectivity index (χ4n) is 2.30. The maximum Gasteiger partial charge on any atom is 0.198 e. The molecule has 0 amide bonds. The lowest BCUT2D eigenvalue weighted by atomic mass is 10.1. The van der Waals surface area contributed by atoms with Crippen molar-refractivity contribution < 1.29 is 4.42 Å². The van der Waals surface area contributed by atoms with Gasteiger partial charge in [0.15, 0.2) is 5.22 Å². The molecular weight excluding hydrogens is 288 g/mol. The number of nitrogens with one attached hydrogen (secondary N) is 1. The van der Waals surface area contributed by atoms with Crippen LogP contribution >= 0.6 is 11.6 Å². The van der Waals surface area contributed by atoms with Crippen LogP contribution in [0.2, 0.25) is 5.22 Å². The lowest BCUT2D eigenvalue weighted by molar-refractivity contribution is 0.548. The van der Waals surface area contributed by atoms with Gasteiger partial charge >= 0.3 is 0 Å². The van der Waals surface area contributed by atoms with E-state index in [9.17, 15) is 0 Å². The summed E-state index contributed by atoms with van der Waals surface area (Å²) < 4.78 is 7.01. The van der Waals surface area contributed by atoms with Gasteiger partial charge in [-0.3, -0.25) is 0 Å². The van der Waals surface area contributed by atoms with Crippen molar-refractivity contribution in [2.75, 3.05) is 6.54 Å². The number of para-hydroxylation sites is 1. The summed E-state index contributed by atoms with van der Waals surface area (Å²) in [6, 6.07) is 11.6. The van der Waals surface area contributed by atoms with Crippen molar-refractivity contribution in [3.05, 3.63) is 65.3 Å². The predicted molar refractivity (Wildman–Crippen MR) is 80.6 cm³/mol. The first-order valence-electron chi connectivity index (χ1n) is 6.73. The third-order valence-electron chi connectivity index (χ3n) is 3.24. The Morgan fingerprint density at radius 1 is 1.29 bits per heavy atom. The van der Waals surface area contributed by atoms with Crippen LogP contribution in [0.1, 0.15) is 24.2 Å². The molecule has 0 aliphatic rings. The van der Waals surface area contributed by atoms with Crippen LogP contribution < -0.4 is 5.32 Å². The fourth-order valence-corrected chi connectivity index (χ4v) is 2.52. The van der Waals surface area contributed by atoms with E-state index in [0.29, 0.717) is 5.22 Å². The quantitative estimate of drug-likeness (QED) is 0.786. The van der Waals surface area contributed by atoms with Crippen LogP contribution in [-0.2, 0) is 0 Å². The molecule has 2 aromatic heterocycles. The Labute approximate surface area is 127 Å². The number of aromatic nitrogens is 3.